The lowest BCUT2D eigenvalue weighted by atomic mass is 9.99. The lowest BCUT2D eigenvalue weighted by molar-refractivity contribution is 0.0697. The molecule has 9 heteroatoms. The van der Waals surface area contributed by atoms with Crippen LogP contribution in [0.4, 0.5) is 5.82 Å². The Labute approximate surface area is 156 Å². The number of halogens is 1. The molecule has 0 amide bonds. The Morgan fingerprint density at radius 3 is 2.69 bits per heavy atom. The molecule has 0 bridgehead atoms. The van der Waals surface area contributed by atoms with Crippen LogP contribution in [-0.4, -0.2) is 49.7 Å². The molecule has 1 saturated heterocycles. The van der Waals surface area contributed by atoms with E-state index in [4.69, 9.17) is 16.1 Å². The zero-order valence-electron chi connectivity index (χ0n) is 14.2. The van der Waals surface area contributed by atoms with Crippen LogP contribution in [0.5, 0.6) is 0 Å². The van der Waals surface area contributed by atoms with Crippen LogP contribution in [0.1, 0.15) is 23.2 Å². The first-order chi connectivity index (χ1) is 12.2. The van der Waals surface area contributed by atoms with Crippen molar-refractivity contribution in [2.75, 3.05) is 30.0 Å². The van der Waals surface area contributed by atoms with Gasteiger partial charge >= 0.3 is 5.97 Å². The second-order valence-electron chi connectivity index (χ2n) is 6.57. The minimum absolute atomic E-state index is 0.0210. The van der Waals surface area contributed by atoms with E-state index in [1.807, 2.05) is 0 Å². The summed E-state index contributed by atoms with van der Waals surface area (Å²) in [7, 11) is -3.10. The van der Waals surface area contributed by atoms with Gasteiger partial charge in [-0.1, -0.05) is 16.8 Å². The molecule has 1 N–H and O–H groups in total. The van der Waals surface area contributed by atoms with Gasteiger partial charge in [-0.15, -0.1) is 0 Å². The lowest BCUT2D eigenvalue weighted by Gasteiger charge is -2.32. The van der Waals surface area contributed by atoms with Crippen LogP contribution >= 0.6 is 11.6 Å². The van der Waals surface area contributed by atoms with E-state index in [2.05, 4.69) is 5.16 Å². The number of aromatic carboxylic acids is 1. The number of hydrogen-bond acceptors (Lipinski definition) is 6. The number of carbonyl (C=O) groups is 1. The van der Waals surface area contributed by atoms with Crippen LogP contribution in [0.2, 0.25) is 5.02 Å². The summed E-state index contributed by atoms with van der Waals surface area (Å²) in [6, 6.07) is 6.63. The second-order valence-corrected chi connectivity index (χ2v) is 9.19. The Balaban J connectivity index is 1.92. The van der Waals surface area contributed by atoms with Crippen molar-refractivity contribution in [3.63, 3.8) is 0 Å². The third-order valence-corrected chi connectivity index (χ3v) is 5.68. The van der Waals surface area contributed by atoms with Crippen molar-refractivity contribution in [2.24, 2.45) is 5.92 Å². The highest BCUT2D eigenvalue weighted by atomic mass is 35.5. The highest BCUT2D eigenvalue weighted by Crippen LogP contribution is 2.34. The molecule has 0 spiro atoms. The molecule has 0 aliphatic carbocycles. The number of anilines is 1. The van der Waals surface area contributed by atoms with Gasteiger partial charge in [0.2, 0.25) is 0 Å². The number of carboxylic acid groups (broad SMARTS) is 1. The van der Waals surface area contributed by atoms with Crippen LogP contribution in [0.25, 0.3) is 11.3 Å². The molecule has 1 aromatic carbocycles. The molecular formula is C17H19ClN2O5S. The molecule has 1 aliphatic rings. The molecule has 0 radical (unpaired) electrons. The van der Waals surface area contributed by atoms with E-state index in [9.17, 15) is 18.3 Å². The maximum atomic E-state index is 11.8. The van der Waals surface area contributed by atoms with Crippen LogP contribution in [-0.2, 0) is 9.84 Å². The highest BCUT2D eigenvalue weighted by molar-refractivity contribution is 7.90. The molecule has 3 rings (SSSR count). The summed E-state index contributed by atoms with van der Waals surface area (Å²) >= 11 is 5.88. The first-order valence-electron chi connectivity index (χ1n) is 8.16. The van der Waals surface area contributed by atoms with Crippen LogP contribution in [0.15, 0.2) is 28.8 Å². The van der Waals surface area contributed by atoms with Crippen molar-refractivity contribution in [3.05, 3.63) is 34.9 Å². The van der Waals surface area contributed by atoms with Gasteiger partial charge in [-0.25, -0.2) is 13.2 Å². The standard InChI is InChI=1S/C17H19ClN2O5S/c1-26(23,24)10-11-3-2-8-20(9-11)16-14(17(21)22)15(25-19-16)12-4-6-13(18)7-5-12/h4-7,11H,2-3,8-10H2,1H3,(H,21,22). The fraction of sp³-hybridized carbons (Fsp3) is 0.412. The van der Waals surface area contributed by atoms with Crippen molar-refractivity contribution in [1.82, 2.24) is 5.16 Å². The van der Waals surface area contributed by atoms with Gasteiger partial charge < -0.3 is 14.5 Å². The second kappa shape index (κ2) is 7.28. The van der Waals surface area contributed by atoms with Crippen molar-refractivity contribution < 1.29 is 22.8 Å². The summed E-state index contributed by atoms with van der Waals surface area (Å²) in [6.07, 6.45) is 2.76. The molecule has 2 heterocycles. The Morgan fingerprint density at radius 2 is 2.08 bits per heavy atom. The molecular weight excluding hydrogens is 380 g/mol. The number of rotatable bonds is 5. The van der Waals surface area contributed by atoms with E-state index in [1.54, 1.807) is 29.2 Å². The monoisotopic (exact) mass is 398 g/mol. The number of aromatic nitrogens is 1. The van der Waals surface area contributed by atoms with E-state index < -0.39 is 15.8 Å². The Hall–Kier alpha value is -2.06. The van der Waals surface area contributed by atoms with E-state index in [1.165, 1.54) is 6.26 Å². The third kappa shape index (κ3) is 4.19. The van der Waals surface area contributed by atoms with Gasteiger partial charge in [0.05, 0.1) is 5.75 Å². The van der Waals surface area contributed by atoms with Gasteiger partial charge in [-0.05, 0) is 43.0 Å². The fourth-order valence-electron chi connectivity index (χ4n) is 3.31. The predicted octanol–water partition coefficient (Wildman–Crippen LogP) is 2.95. The quantitative estimate of drug-likeness (QED) is 0.826. The Bertz CT molecular complexity index is 908. The first kappa shape index (κ1) is 18.7. The minimum atomic E-state index is -3.10. The fourth-order valence-corrected chi connectivity index (χ4v) is 4.56. The van der Waals surface area contributed by atoms with Crippen molar-refractivity contribution in [2.45, 2.75) is 12.8 Å². The van der Waals surface area contributed by atoms with E-state index in [-0.39, 0.29) is 28.8 Å². The van der Waals surface area contributed by atoms with Crippen LogP contribution in [0, 0.1) is 5.92 Å². The van der Waals surface area contributed by atoms with Gasteiger partial charge in [0, 0.05) is 29.9 Å². The number of piperidine rings is 1. The van der Waals surface area contributed by atoms with Crippen molar-refractivity contribution in [1.29, 1.82) is 0 Å². The Morgan fingerprint density at radius 1 is 1.38 bits per heavy atom. The Kier molecular flexibility index (Phi) is 5.24. The highest BCUT2D eigenvalue weighted by Gasteiger charge is 2.31. The van der Waals surface area contributed by atoms with Crippen molar-refractivity contribution >= 4 is 33.2 Å². The third-order valence-electron chi connectivity index (χ3n) is 4.35. The smallest absolute Gasteiger partial charge is 0.343 e. The molecule has 1 fully saturated rings. The molecule has 1 aliphatic heterocycles. The van der Waals surface area contributed by atoms with Gasteiger partial charge in [-0.2, -0.15) is 0 Å². The first-order valence-corrected chi connectivity index (χ1v) is 10.6. The van der Waals surface area contributed by atoms with Gasteiger partial charge in [-0.3, -0.25) is 0 Å². The molecule has 140 valence electrons. The summed E-state index contributed by atoms with van der Waals surface area (Å²) in [6.45, 7) is 1.03. The molecule has 1 atom stereocenters. The summed E-state index contributed by atoms with van der Waals surface area (Å²) < 4.78 is 28.5. The summed E-state index contributed by atoms with van der Waals surface area (Å²) in [4.78, 5) is 13.6. The average molecular weight is 399 g/mol. The number of carboxylic acids is 1. The van der Waals surface area contributed by atoms with Crippen LogP contribution < -0.4 is 4.90 Å². The number of benzene rings is 1. The molecule has 26 heavy (non-hydrogen) atoms. The molecule has 7 nitrogen and oxygen atoms in total. The van der Waals surface area contributed by atoms with Crippen LogP contribution in [0.3, 0.4) is 0 Å². The van der Waals surface area contributed by atoms with Crippen molar-refractivity contribution in [3.8, 4) is 11.3 Å². The van der Waals surface area contributed by atoms with Gasteiger partial charge in [0.25, 0.3) is 0 Å². The minimum Gasteiger partial charge on any atom is -0.477 e. The average Bonchev–Trinajstić information content (AvgIpc) is 2.99. The number of sulfone groups is 1. The van der Waals surface area contributed by atoms with Gasteiger partial charge in [0.1, 0.15) is 9.84 Å². The van der Waals surface area contributed by atoms with E-state index in [0.29, 0.717) is 23.7 Å². The summed E-state index contributed by atoms with van der Waals surface area (Å²) in [5, 5.41) is 14.2. The summed E-state index contributed by atoms with van der Waals surface area (Å²) in [5.74, 6) is -0.726. The van der Waals surface area contributed by atoms with E-state index >= 15 is 0 Å². The molecule has 2 aromatic rings. The maximum Gasteiger partial charge on any atom is 0.343 e. The molecule has 0 saturated carbocycles. The normalized spacial score (nSPS) is 18.1. The summed E-state index contributed by atoms with van der Waals surface area (Å²) in [5.41, 5.74) is 0.544. The van der Waals surface area contributed by atoms with E-state index in [0.717, 1.165) is 12.8 Å². The molecule has 1 aromatic heterocycles. The largest absolute Gasteiger partial charge is 0.477 e. The number of hydrogen-bond donors (Lipinski definition) is 1. The van der Waals surface area contributed by atoms with Gasteiger partial charge in [0.15, 0.2) is 17.1 Å². The zero-order chi connectivity index (χ0) is 18.9. The lowest BCUT2D eigenvalue weighted by Crippen LogP contribution is -2.39. The maximum absolute atomic E-state index is 11.8. The SMILES string of the molecule is CS(=O)(=O)CC1CCCN(c2noc(-c3ccc(Cl)cc3)c2C(=O)O)C1. The predicted molar refractivity (Wildman–Crippen MR) is 98.6 cm³/mol. The topological polar surface area (TPSA) is 101 Å². The zero-order valence-corrected chi connectivity index (χ0v) is 15.8. The molecule has 1 unspecified atom stereocenters. The number of nitrogens with zero attached hydrogens (tertiary/aromatic N) is 2.